The molecule has 1 saturated heterocycles. The SMILES string of the molecule is O=C1CCC(NC(=O)CSc2cccs2)CN1. The summed E-state index contributed by atoms with van der Waals surface area (Å²) in [7, 11) is 0. The lowest BCUT2D eigenvalue weighted by atomic mass is 10.1. The minimum atomic E-state index is 0.0320. The van der Waals surface area contributed by atoms with E-state index in [2.05, 4.69) is 10.6 Å². The van der Waals surface area contributed by atoms with Crippen LogP contribution in [0.15, 0.2) is 21.7 Å². The Bertz CT molecular complexity index is 382. The zero-order chi connectivity index (χ0) is 12.1. The van der Waals surface area contributed by atoms with Crippen LogP contribution in [-0.4, -0.2) is 30.2 Å². The molecule has 1 aromatic rings. The van der Waals surface area contributed by atoms with Crippen molar-refractivity contribution >= 4 is 34.9 Å². The summed E-state index contributed by atoms with van der Waals surface area (Å²) in [5.41, 5.74) is 0. The van der Waals surface area contributed by atoms with Gasteiger partial charge in [0.1, 0.15) is 0 Å². The number of amides is 2. The van der Waals surface area contributed by atoms with Gasteiger partial charge in [-0.05, 0) is 17.9 Å². The standard InChI is InChI=1S/C11H14N2O2S2/c14-9-4-3-8(6-12-9)13-10(15)7-17-11-2-1-5-16-11/h1-2,5,8H,3-4,6-7H2,(H,12,14)(H,13,15). The quantitative estimate of drug-likeness (QED) is 0.809. The van der Waals surface area contributed by atoms with Gasteiger partial charge in [0.15, 0.2) is 0 Å². The van der Waals surface area contributed by atoms with Gasteiger partial charge < -0.3 is 10.6 Å². The second-order valence-electron chi connectivity index (χ2n) is 3.83. The third-order valence-corrected chi connectivity index (χ3v) is 4.60. The molecule has 2 amide bonds. The van der Waals surface area contributed by atoms with E-state index in [1.807, 2.05) is 17.5 Å². The molecule has 0 aromatic carbocycles. The van der Waals surface area contributed by atoms with Gasteiger partial charge in [-0.25, -0.2) is 0 Å². The lowest BCUT2D eigenvalue weighted by Gasteiger charge is -2.23. The van der Waals surface area contributed by atoms with Crippen molar-refractivity contribution in [3.8, 4) is 0 Å². The Balaban J connectivity index is 1.68. The van der Waals surface area contributed by atoms with E-state index in [1.165, 1.54) is 0 Å². The van der Waals surface area contributed by atoms with Crippen molar-refractivity contribution in [2.45, 2.75) is 23.1 Å². The molecule has 0 saturated carbocycles. The predicted octanol–water partition coefficient (Wildman–Crippen LogP) is 1.23. The molecule has 92 valence electrons. The maximum absolute atomic E-state index is 11.6. The van der Waals surface area contributed by atoms with Gasteiger partial charge in [-0.3, -0.25) is 9.59 Å². The number of thioether (sulfide) groups is 1. The number of hydrogen-bond acceptors (Lipinski definition) is 4. The first-order chi connectivity index (χ1) is 8.24. The first-order valence-electron chi connectivity index (χ1n) is 5.46. The second kappa shape index (κ2) is 6.07. The molecule has 1 aliphatic rings. The topological polar surface area (TPSA) is 58.2 Å². The van der Waals surface area contributed by atoms with Crippen LogP contribution in [0.3, 0.4) is 0 Å². The fourth-order valence-corrected chi connectivity index (χ4v) is 3.20. The van der Waals surface area contributed by atoms with E-state index in [4.69, 9.17) is 0 Å². The Morgan fingerprint density at radius 2 is 2.53 bits per heavy atom. The zero-order valence-corrected chi connectivity index (χ0v) is 10.9. The molecule has 0 aliphatic carbocycles. The van der Waals surface area contributed by atoms with Crippen molar-refractivity contribution < 1.29 is 9.59 Å². The fourth-order valence-electron chi connectivity index (χ4n) is 1.61. The van der Waals surface area contributed by atoms with Crippen LogP contribution in [0.5, 0.6) is 0 Å². The lowest BCUT2D eigenvalue weighted by molar-refractivity contribution is -0.124. The molecular weight excluding hydrogens is 256 g/mol. The van der Waals surface area contributed by atoms with Crippen molar-refractivity contribution in [2.75, 3.05) is 12.3 Å². The summed E-state index contributed by atoms with van der Waals surface area (Å²) < 4.78 is 1.15. The highest BCUT2D eigenvalue weighted by atomic mass is 32.2. The third kappa shape index (κ3) is 4.05. The van der Waals surface area contributed by atoms with Crippen molar-refractivity contribution in [2.24, 2.45) is 0 Å². The van der Waals surface area contributed by atoms with Crippen LogP contribution in [-0.2, 0) is 9.59 Å². The Labute approximate surface area is 108 Å². The van der Waals surface area contributed by atoms with Crippen molar-refractivity contribution in [1.29, 1.82) is 0 Å². The van der Waals surface area contributed by atoms with E-state index in [9.17, 15) is 9.59 Å². The molecule has 4 nitrogen and oxygen atoms in total. The van der Waals surface area contributed by atoms with Crippen molar-refractivity contribution in [1.82, 2.24) is 10.6 Å². The fraction of sp³-hybridized carbons (Fsp3) is 0.455. The molecule has 2 N–H and O–H groups in total. The molecule has 1 unspecified atom stereocenters. The molecule has 1 aromatic heterocycles. The summed E-state index contributed by atoms with van der Waals surface area (Å²) in [4.78, 5) is 22.6. The number of nitrogens with one attached hydrogen (secondary N) is 2. The molecule has 6 heteroatoms. The van der Waals surface area contributed by atoms with Gasteiger partial charge in [-0.2, -0.15) is 0 Å². The molecule has 17 heavy (non-hydrogen) atoms. The van der Waals surface area contributed by atoms with Gasteiger partial charge in [-0.1, -0.05) is 6.07 Å². The average Bonchev–Trinajstić information content (AvgIpc) is 2.83. The number of rotatable bonds is 4. The van der Waals surface area contributed by atoms with Crippen LogP contribution in [0.25, 0.3) is 0 Å². The number of hydrogen-bond donors (Lipinski definition) is 2. The Morgan fingerprint density at radius 1 is 1.65 bits per heavy atom. The number of piperidine rings is 1. The Hall–Kier alpha value is -1.01. The number of thiophene rings is 1. The van der Waals surface area contributed by atoms with Crippen LogP contribution in [0.2, 0.25) is 0 Å². The van der Waals surface area contributed by atoms with E-state index < -0.39 is 0 Å². The molecule has 2 rings (SSSR count). The van der Waals surface area contributed by atoms with Crippen molar-refractivity contribution in [3.63, 3.8) is 0 Å². The predicted molar refractivity (Wildman–Crippen MR) is 69.2 cm³/mol. The van der Waals surface area contributed by atoms with Crippen LogP contribution in [0, 0.1) is 0 Å². The van der Waals surface area contributed by atoms with Gasteiger partial charge in [-0.15, -0.1) is 23.1 Å². The van der Waals surface area contributed by atoms with Gasteiger partial charge in [0.25, 0.3) is 0 Å². The summed E-state index contributed by atoms with van der Waals surface area (Å²) >= 11 is 3.18. The largest absolute Gasteiger partial charge is 0.354 e. The molecule has 0 spiro atoms. The molecule has 0 bridgehead atoms. The smallest absolute Gasteiger partial charge is 0.230 e. The summed E-state index contributed by atoms with van der Waals surface area (Å²) in [5.74, 6) is 0.540. The highest BCUT2D eigenvalue weighted by Crippen LogP contribution is 2.22. The number of carbonyl (C=O) groups is 2. The summed E-state index contributed by atoms with van der Waals surface area (Å²) in [5, 5.41) is 7.68. The highest BCUT2D eigenvalue weighted by molar-refractivity contribution is 8.01. The summed E-state index contributed by atoms with van der Waals surface area (Å²) in [6, 6.07) is 4.06. The van der Waals surface area contributed by atoms with E-state index in [0.717, 1.165) is 10.6 Å². The first kappa shape index (κ1) is 12.4. The van der Waals surface area contributed by atoms with Gasteiger partial charge in [0.05, 0.1) is 9.96 Å². The van der Waals surface area contributed by atoms with E-state index in [1.54, 1.807) is 23.1 Å². The Morgan fingerprint density at radius 3 is 3.18 bits per heavy atom. The Kier molecular flexibility index (Phi) is 4.44. The third-order valence-electron chi connectivity index (χ3n) is 2.47. The molecule has 1 atom stereocenters. The van der Waals surface area contributed by atoms with Gasteiger partial charge in [0, 0.05) is 19.0 Å². The molecule has 1 fully saturated rings. The summed E-state index contributed by atoms with van der Waals surface area (Å²) in [6.07, 6.45) is 1.24. The molecule has 2 heterocycles. The monoisotopic (exact) mass is 270 g/mol. The maximum atomic E-state index is 11.6. The number of carbonyl (C=O) groups excluding carboxylic acids is 2. The second-order valence-corrected chi connectivity index (χ2v) is 6.05. The van der Waals surface area contributed by atoms with Crippen molar-refractivity contribution in [3.05, 3.63) is 17.5 Å². The minimum Gasteiger partial charge on any atom is -0.354 e. The normalized spacial score (nSPS) is 19.8. The summed E-state index contributed by atoms with van der Waals surface area (Å²) in [6.45, 7) is 0.550. The van der Waals surface area contributed by atoms with Gasteiger partial charge in [0.2, 0.25) is 11.8 Å². The average molecular weight is 270 g/mol. The highest BCUT2D eigenvalue weighted by Gasteiger charge is 2.19. The van der Waals surface area contributed by atoms with Gasteiger partial charge >= 0.3 is 0 Å². The van der Waals surface area contributed by atoms with Crippen LogP contribution >= 0.6 is 23.1 Å². The molecule has 0 radical (unpaired) electrons. The van der Waals surface area contributed by atoms with E-state index >= 15 is 0 Å². The minimum absolute atomic E-state index is 0.0320. The first-order valence-corrected chi connectivity index (χ1v) is 7.33. The van der Waals surface area contributed by atoms with E-state index in [0.29, 0.717) is 18.7 Å². The zero-order valence-electron chi connectivity index (χ0n) is 9.27. The van der Waals surface area contributed by atoms with E-state index in [-0.39, 0.29) is 17.9 Å². The molecular formula is C11H14N2O2S2. The van der Waals surface area contributed by atoms with Crippen LogP contribution < -0.4 is 10.6 Å². The lowest BCUT2D eigenvalue weighted by Crippen LogP contribution is -2.48. The van der Waals surface area contributed by atoms with Crippen LogP contribution in [0.4, 0.5) is 0 Å². The van der Waals surface area contributed by atoms with Crippen LogP contribution in [0.1, 0.15) is 12.8 Å². The maximum Gasteiger partial charge on any atom is 0.230 e. The molecule has 1 aliphatic heterocycles.